The Hall–Kier alpha value is -1.16. The lowest BCUT2D eigenvalue weighted by Gasteiger charge is -1.97. The third-order valence-electron chi connectivity index (χ3n) is 1.63. The van der Waals surface area contributed by atoms with Gasteiger partial charge in [-0.05, 0) is 12.1 Å². The zero-order valence-corrected chi connectivity index (χ0v) is 8.36. The van der Waals surface area contributed by atoms with Crippen molar-refractivity contribution in [2.45, 2.75) is 5.33 Å². The number of halogens is 1. The predicted molar refractivity (Wildman–Crippen MR) is 52.4 cm³/mol. The maximum absolute atomic E-state index is 4.95. The Bertz CT molecular complexity index is 386. The van der Waals surface area contributed by atoms with Crippen molar-refractivity contribution >= 4 is 15.9 Å². The second kappa shape index (κ2) is 3.70. The minimum atomic E-state index is 0.700. The van der Waals surface area contributed by atoms with Crippen molar-refractivity contribution in [1.82, 2.24) is 9.97 Å². The Morgan fingerprint density at radius 3 is 3.00 bits per heavy atom. The largest absolute Gasteiger partial charge is 0.472 e. The third-order valence-corrected chi connectivity index (χ3v) is 2.20. The van der Waals surface area contributed by atoms with Crippen LogP contribution in [0.25, 0.3) is 11.4 Å². The van der Waals surface area contributed by atoms with Crippen LogP contribution in [0.2, 0.25) is 0 Å². The predicted octanol–water partition coefficient (Wildman–Crippen LogP) is 2.63. The van der Waals surface area contributed by atoms with Gasteiger partial charge in [-0.3, -0.25) is 0 Å². The molecule has 0 N–H and O–H groups in total. The minimum Gasteiger partial charge on any atom is -0.472 e. The average Bonchev–Trinajstić information content (AvgIpc) is 2.71. The summed E-state index contributed by atoms with van der Waals surface area (Å²) in [5.41, 5.74) is 1.87. The molecule has 2 aromatic rings. The van der Waals surface area contributed by atoms with E-state index in [4.69, 9.17) is 4.42 Å². The molecule has 0 unspecified atom stereocenters. The van der Waals surface area contributed by atoms with Gasteiger partial charge in [-0.1, -0.05) is 15.9 Å². The van der Waals surface area contributed by atoms with E-state index in [9.17, 15) is 0 Å². The summed E-state index contributed by atoms with van der Waals surface area (Å²) in [6.07, 6.45) is 4.98. The van der Waals surface area contributed by atoms with E-state index in [1.807, 2.05) is 12.1 Å². The molecule has 0 fully saturated rings. The van der Waals surface area contributed by atoms with Crippen LogP contribution in [0.5, 0.6) is 0 Å². The number of aromatic nitrogens is 2. The fraction of sp³-hybridized carbons (Fsp3) is 0.111. The topological polar surface area (TPSA) is 38.9 Å². The van der Waals surface area contributed by atoms with Crippen molar-refractivity contribution in [2.24, 2.45) is 0 Å². The third kappa shape index (κ3) is 1.78. The lowest BCUT2D eigenvalue weighted by Crippen LogP contribution is -1.90. The first-order valence-corrected chi connectivity index (χ1v) is 4.93. The Balaban J connectivity index is 2.41. The number of furan rings is 1. The molecule has 0 saturated heterocycles. The number of nitrogens with zero attached hydrogens (tertiary/aromatic N) is 2. The Morgan fingerprint density at radius 1 is 1.38 bits per heavy atom. The molecule has 2 heterocycles. The van der Waals surface area contributed by atoms with E-state index >= 15 is 0 Å². The standard InChI is InChI=1S/C9H7BrN2O/c10-5-8-1-3-11-9(12-8)7-2-4-13-6-7/h1-4,6H,5H2. The summed E-state index contributed by atoms with van der Waals surface area (Å²) >= 11 is 3.34. The fourth-order valence-electron chi connectivity index (χ4n) is 1.00. The molecule has 2 rings (SSSR count). The molecular formula is C9H7BrN2O. The molecule has 0 aliphatic rings. The van der Waals surface area contributed by atoms with Crippen LogP contribution in [0.4, 0.5) is 0 Å². The molecule has 0 radical (unpaired) electrons. The zero-order chi connectivity index (χ0) is 9.10. The van der Waals surface area contributed by atoms with Gasteiger partial charge in [-0.15, -0.1) is 0 Å². The maximum Gasteiger partial charge on any atom is 0.162 e. The summed E-state index contributed by atoms with van der Waals surface area (Å²) in [5, 5.41) is 0.736. The van der Waals surface area contributed by atoms with Crippen molar-refractivity contribution < 1.29 is 4.42 Å². The highest BCUT2D eigenvalue weighted by Crippen LogP contribution is 2.15. The monoisotopic (exact) mass is 238 g/mol. The lowest BCUT2D eigenvalue weighted by molar-refractivity contribution is 0.568. The van der Waals surface area contributed by atoms with Gasteiger partial charge in [0.1, 0.15) is 6.26 Å². The van der Waals surface area contributed by atoms with Crippen LogP contribution in [0.15, 0.2) is 35.3 Å². The summed E-state index contributed by atoms with van der Waals surface area (Å²) in [6, 6.07) is 3.71. The summed E-state index contributed by atoms with van der Waals surface area (Å²) in [5.74, 6) is 0.700. The maximum atomic E-state index is 4.95. The Morgan fingerprint density at radius 2 is 2.31 bits per heavy atom. The first-order valence-electron chi connectivity index (χ1n) is 3.80. The van der Waals surface area contributed by atoms with E-state index in [0.717, 1.165) is 16.6 Å². The Kier molecular flexibility index (Phi) is 2.40. The Labute approximate surface area is 84.0 Å². The van der Waals surface area contributed by atoms with Crippen LogP contribution in [-0.2, 0) is 5.33 Å². The SMILES string of the molecule is BrCc1ccnc(-c2ccoc2)n1. The zero-order valence-electron chi connectivity index (χ0n) is 6.77. The van der Waals surface area contributed by atoms with Crippen LogP contribution < -0.4 is 0 Å². The van der Waals surface area contributed by atoms with Gasteiger partial charge in [0.15, 0.2) is 5.82 Å². The summed E-state index contributed by atoms with van der Waals surface area (Å²) in [4.78, 5) is 8.45. The molecule has 2 aromatic heterocycles. The van der Waals surface area contributed by atoms with Gasteiger partial charge < -0.3 is 4.42 Å². The number of hydrogen-bond acceptors (Lipinski definition) is 3. The van der Waals surface area contributed by atoms with Crippen LogP contribution in [-0.4, -0.2) is 9.97 Å². The molecule has 4 heteroatoms. The highest BCUT2D eigenvalue weighted by Gasteiger charge is 2.02. The van der Waals surface area contributed by atoms with E-state index < -0.39 is 0 Å². The average molecular weight is 239 g/mol. The van der Waals surface area contributed by atoms with E-state index in [1.54, 1.807) is 18.7 Å². The summed E-state index contributed by atoms with van der Waals surface area (Å²) in [7, 11) is 0. The highest BCUT2D eigenvalue weighted by atomic mass is 79.9. The van der Waals surface area contributed by atoms with Gasteiger partial charge in [-0.2, -0.15) is 0 Å². The van der Waals surface area contributed by atoms with Gasteiger partial charge in [0.2, 0.25) is 0 Å². The highest BCUT2D eigenvalue weighted by molar-refractivity contribution is 9.08. The quantitative estimate of drug-likeness (QED) is 0.756. The van der Waals surface area contributed by atoms with Crippen molar-refractivity contribution in [3.05, 3.63) is 36.5 Å². The van der Waals surface area contributed by atoms with Gasteiger partial charge >= 0.3 is 0 Å². The number of rotatable bonds is 2. The second-order valence-corrected chi connectivity index (χ2v) is 3.08. The lowest BCUT2D eigenvalue weighted by atomic mass is 10.3. The van der Waals surface area contributed by atoms with Gasteiger partial charge in [0.25, 0.3) is 0 Å². The fourth-order valence-corrected chi connectivity index (χ4v) is 1.31. The molecule has 13 heavy (non-hydrogen) atoms. The molecule has 0 amide bonds. The number of alkyl halides is 1. The first-order chi connectivity index (χ1) is 6.40. The van der Waals surface area contributed by atoms with Crippen LogP contribution in [0.1, 0.15) is 5.69 Å². The molecule has 0 atom stereocenters. The van der Waals surface area contributed by atoms with E-state index in [-0.39, 0.29) is 0 Å². The molecule has 0 spiro atoms. The van der Waals surface area contributed by atoms with Gasteiger partial charge in [0, 0.05) is 11.5 Å². The second-order valence-electron chi connectivity index (χ2n) is 2.52. The molecule has 0 bridgehead atoms. The molecule has 0 aliphatic heterocycles. The van der Waals surface area contributed by atoms with Crippen LogP contribution >= 0.6 is 15.9 Å². The van der Waals surface area contributed by atoms with Crippen molar-refractivity contribution in [3.8, 4) is 11.4 Å². The summed E-state index contributed by atoms with van der Waals surface area (Å²) in [6.45, 7) is 0. The molecule has 0 saturated carbocycles. The minimum absolute atomic E-state index is 0.700. The van der Waals surface area contributed by atoms with Gasteiger partial charge in [0.05, 0.1) is 17.5 Å². The molecule has 0 aliphatic carbocycles. The van der Waals surface area contributed by atoms with Crippen LogP contribution in [0, 0.1) is 0 Å². The van der Waals surface area contributed by atoms with Gasteiger partial charge in [-0.25, -0.2) is 9.97 Å². The van der Waals surface area contributed by atoms with E-state index in [0.29, 0.717) is 5.82 Å². The summed E-state index contributed by atoms with van der Waals surface area (Å²) < 4.78 is 4.95. The van der Waals surface area contributed by atoms with Crippen molar-refractivity contribution in [2.75, 3.05) is 0 Å². The molecule has 3 nitrogen and oxygen atoms in total. The van der Waals surface area contributed by atoms with Crippen molar-refractivity contribution in [3.63, 3.8) is 0 Å². The normalized spacial score (nSPS) is 10.2. The molecular weight excluding hydrogens is 232 g/mol. The smallest absolute Gasteiger partial charge is 0.162 e. The first kappa shape index (κ1) is 8.44. The van der Waals surface area contributed by atoms with Crippen molar-refractivity contribution in [1.29, 1.82) is 0 Å². The van der Waals surface area contributed by atoms with E-state index in [2.05, 4.69) is 25.9 Å². The molecule has 0 aromatic carbocycles. The molecule has 66 valence electrons. The van der Waals surface area contributed by atoms with Crippen LogP contribution in [0.3, 0.4) is 0 Å². The number of hydrogen-bond donors (Lipinski definition) is 0. The van der Waals surface area contributed by atoms with E-state index in [1.165, 1.54) is 0 Å².